The number of nitrogens with zero attached hydrogens (tertiary/aromatic N) is 3. The molecule has 2 heterocycles. The summed E-state index contributed by atoms with van der Waals surface area (Å²) >= 11 is 0. The van der Waals surface area contributed by atoms with Crippen molar-refractivity contribution in [2.75, 3.05) is 19.0 Å². The van der Waals surface area contributed by atoms with E-state index in [2.05, 4.69) is 20.4 Å². The normalized spacial score (nSPS) is 11.9. The molecule has 1 unspecified atom stereocenters. The van der Waals surface area contributed by atoms with Gasteiger partial charge in [0, 0.05) is 0 Å². The number of rotatable bonds is 7. The van der Waals surface area contributed by atoms with Gasteiger partial charge in [-0.1, -0.05) is 18.2 Å². The van der Waals surface area contributed by atoms with Gasteiger partial charge in [0.1, 0.15) is 23.0 Å². The average Bonchev–Trinajstić information content (AvgIpc) is 3.18. The highest BCUT2D eigenvalue weighted by atomic mass is 16.5. The fraction of sp³-hybridized carbons (Fsp3) is 0.190. The van der Waals surface area contributed by atoms with Crippen molar-refractivity contribution in [1.82, 2.24) is 19.7 Å². The maximum Gasteiger partial charge on any atom is 0.263 e. The second-order valence-electron chi connectivity index (χ2n) is 6.53. The highest BCUT2D eigenvalue weighted by Crippen LogP contribution is 2.18. The number of methoxy groups -OCH3 is 1. The SMILES string of the molecule is COc1ccc(OC(C)CNc2nc3c(cnn3-c3ccccc3)c(=O)[nH]2)cc1. The Kier molecular flexibility index (Phi) is 5.15. The standard InChI is InChI=1S/C21H21N5O3/c1-14(29-17-10-8-16(28-2)9-11-17)12-22-21-24-19-18(20(27)25-21)13-23-26(19)15-6-4-3-5-7-15/h3-11,13-14H,12H2,1-2H3,(H2,22,24,25,27). The fourth-order valence-corrected chi connectivity index (χ4v) is 2.93. The van der Waals surface area contributed by atoms with E-state index >= 15 is 0 Å². The molecular weight excluding hydrogens is 370 g/mol. The summed E-state index contributed by atoms with van der Waals surface area (Å²) in [4.78, 5) is 19.7. The smallest absolute Gasteiger partial charge is 0.263 e. The van der Waals surface area contributed by atoms with E-state index in [0.717, 1.165) is 17.2 Å². The van der Waals surface area contributed by atoms with Gasteiger partial charge in [-0.05, 0) is 43.3 Å². The van der Waals surface area contributed by atoms with Crippen molar-refractivity contribution in [2.24, 2.45) is 0 Å². The number of para-hydroxylation sites is 1. The predicted octanol–water partition coefficient (Wildman–Crippen LogP) is 3.00. The number of hydrogen-bond donors (Lipinski definition) is 2. The van der Waals surface area contributed by atoms with Crippen molar-refractivity contribution < 1.29 is 9.47 Å². The van der Waals surface area contributed by atoms with Crippen LogP contribution in [0, 0.1) is 0 Å². The first kappa shape index (κ1) is 18.5. The molecule has 1 atom stereocenters. The summed E-state index contributed by atoms with van der Waals surface area (Å²) in [5.41, 5.74) is 1.08. The second-order valence-corrected chi connectivity index (χ2v) is 6.53. The molecular formula is C21H21N5O3. The zero-order chi connectivity index (χ0) is 20.2. The van der Waals surface area contributed by atoms with Crippen molar-refractivity contribution in [3.05, 3.63) is 71.1 Å². The molecule has 0 aliphatic heterocycles. The van der Waals surface area contributed by atoms with Gasteiger partial charge in [-0.2, -0.15) is 10.1 Å². The fourth-order valence-electron chi connectivity index (χ4n) is 2.93. The Balaban J connectivity index is 1.49. The van der Waals surface area contributed by atoms with Crippen LogP contribution in [0.2, 0.25) is 0 Å². The number of benzene rings is 2. The molecule has 2 aromatic heterocycles. The van der Waals surface area contributed by atoms with E-state index in [1.165, 1.54) is 6.20 Å². The summed E-state index contributed by atoms with van der Waals surface area (Å²) in [7, 11) is 1.62. The lowest BCUT2D eigenvalue weighted by atomic mass is 10.3. The van der Waals surface area contributed by atoms with Crippen LogP contribution in [-0.4, -0.2) is 39.5 Å². The molecule has 8 heteroatoms. The van der Waals surface area contributed by atoms with E-state index in [-0.39, 0.29) is 11.7 Å². The summed E-state index contributed by atoms with van der Waals surface area (Å²) in [6, 6.07) is 16.9. The minimum atomic E-state index is -0.247. The van der Waals surface area contributed by atoms with Crippen LogP contribution in [0.4, 0.5) is 5.95 Å². The van der Waals surface area contributed by atoms with E-state index in [1.807, 2.05) is 61.5 Å². The van der Waals surface area contributed by atoms with Gasteiger partial charge in [0.15, 0.2) is 5.65 Å². The highest BCUT2D eigenvalue weighted by molar-refractivity contribution is 5.76. The lowest BCUT2D eigenvalue weighted by molar-refractivity contribution is 0.234. The largest absolute Gasteiger partial charge is 0.497 e. The van der Waals surface area contributed by atoms with Crippen LogP contribution in [0.1, 0.15) is 6.92 Å². The summed E-state index contributed by atoms with van der Waals surface area (Å²) in [5.74, 6) is 1.87. The number of aromatic amines is 1. The molecule has 0 radical (unpaired) electrons. The number of fused-ring (bicyclic) bond motifs is 1. The summed E-state index contributed by atoms with van der Waals surface area (Å²) in [5, 5.41) is 7.87. The van der Waals surface area contributed by atoms with E-state index in [4.69, 9.17) is 9.47 Å². The Bertz CT molecular complexity index is 1150. The van der Waals surface area contributed by atoms with Crippen molar-refractivity contribution in [1.29, 1.82) is 0 Å². The molecule has 29 heavy (non-hydrogen) atoms. The highest BCUT2D eigenvalue weighted by Gasteiger charge is 2.12. The molecule has 0 saturated heterocycles. The number of H-pyrrole nitrogens is 1. The molecule has 0 aliphatic carbocycles. The van der Waals surface area contributed by atoms with Gasteiger partial charge < -0.3 is 14.8 Å². The predicted molar refractivity (Wildman–Crippen MR) is 111 cm³/mol. The van der Waals surface area contributed by atoms with Crippen LogP contribution >= 0.6 is 0 Å². The van der Waals surface area contributed by atoms with Gasteiger partial charge in [-0.25, -0.2) is 4.68 Å². The van der Waals surface area contributed by atoms with Crippen LogP contribution < -0.4 is 20.3 Å². The maximum absolute atomic E-state index is 12.4. The summed E-state index contributed by atoms with van der Waals surface area (Å²) in [6.07, 6.45) is 1.37. The Morgan fingerprint density at radius 3 is 2.55 bits per heavy atom. The van der Waals surface area contributed by atoms with Crippen LogP contribution in [0.25, 0.3) is 16.7 Å². The number of nitrogens with one attached hydrogen (secondary N) is 2. The number of aromatic nitrogens is 4. The maximum atomic E-state index is 12.4. The van der Waals surface area contributed by atoms with Crippen LogP contribution in [0.5, 0.6) is 11.5 Å². The lowest BCUT2D eigenvalue weighted by Gasteiger charge is -2.16. The molecule has 148 valence electrons. The first-order valence-electron chi connectivity index (χ1n) is 9.22. The van der Waals surface area contributed by atoms with Crippen LogP contribution in [-0.2, 0) is 0 Å². The minimum absolute atomic E-state index is 0.150. The van der Waals surface area contributed by atoms with Gasteiger partial charge in [-0.3, -0.25) is 9.78 Å². The topological polar surface area (TPSA) is 94.1 Å². The van der Waals surface area contributed by atoms with E-state index < -0.39 is 0 Å². The van der Waals surface area contributed by atoms with Gasteiger partial charge in [0.25, 0.3) is 5.56 Å². The molecule has 8 nitrogen and oxygen atoms in total. The zero-order valence-corrected chi connectivity index (χ0v) is 16.1. The molecule has 0 fully saturated rings. The van der Waals surface area contributed by atoms with Crippen molar-refractivity contribution in [2.45, 2.75) is 13.0 Å². The van der Waals surface area contributed by atoms with Crippen molar-refractivity contribution in [3.8, 4) is 17.2 Å². The molecule has 4 aromatic rings. The van der Waals surface area contributed by atoms with Gasteiger partial charge >= 0.3 is 0 Å². The third kappa shape index (κ3) is 4.06. The molecule has 0 bridgehead atoms. The molecule has 0 spiro atoms. The Hall–Kier alpha value is -3.81. The molecule has 0 aliphatic rings. The van der Waals surface area contributed by atoms with Crippen molar-refractivity contribution >= 4 is 17.0 Å². The molecule has 2 aromatic carbocycles. The van der Waals surface area contributed by atoms with Crippen LogP contribution in [0.3, 0.4) is 0 Å². The number of hydrogen-bond acceptors (Lipinski definition) is 6. The second kappa shape index (κ2) is 8.05. The monoisotopic (exact) mass is 391 g/mol. The Morgan fingerprint density at radius 2 is 1.83 bits per heavy atom. The lowest BCUT2D eigenvalue weighted by Crippen LogP contribution is -2.24. The first-order valence-corrected chi connectivity index (χ1v) is 9.22. The van der Waals surface area contributed by atoms with Gasteiger partial charge in [-0.15, -0.1) is 0 Å². The minimum Gasteiger partial charge on any atom is -0.497 e. The van der Waals surface area contributed by atoms with Crippen molar-refractivity contribution in [3.63, 3.8) is 0 Å². The third-order valence-corrected chi connectivity index (χ3v) is 4.39. The molecule has 2 N–H and O–H groups in total. The van der Waals surface area contributed by atoms with E-state index in [0.29, 0.717) is 23.5 Å². The van der Waals surface area contributed by atoms with Gasteiger partial charge in [0.2, 0.25) is 5.95 Å². The van der Waals surface area contributed by atoms with Gasteiger partial charge in [0.05, 0.1) is 25.5 Å². The van der Waals surface area contributed by atoms with E-state index in [9.17, 15) is 4.79 Å². The Labute approximate surface area is 167 Å². The molecule has 4 rings (SSSR count). The zero-order valence-electron chi connectivity index (χ0n) is 16.1. The molecule has 0 saturated carbocycles. The summed E-state index contributed by atoms with van der Waals surface area (Å²) in [6.45, 7) is 2.39. The Morgan fingerprint density at radius 1 is 1.10 bits per heavy atom. The number of ether oxygens (including phenoxy) is 2. The van der Waals surface area contributed by atoms with Crippen LogP contribution in [0.15, 0.2) is 65.6 Å². The summed E-state index contributed by atoms with van der Waals surface area (Å²) < 4.78 is 12.7. The average molecular weight is 391 g/mol. The quantitative estimate of drug-likeness (QED) is 0.503. The first-order chi connectivity index (χ1) is 14.1. The number of anilines is 1. The van der Waals surface area contributed by atoms with E-state index in [1.54, 1.807) is 11.8 Å². The molecule has 0 amide bonds. The third-order valence-electron chi connectivity index (χ3n) is 4.39.